The van der Waals surface area contributed by atoms with Crippen molar-refractivity contribution in [2.45, 2.75) is 359 Å². The molecular formula is C60H119NO5. The average Bonchev–Trinajstić information content (AvgIpc) is 3.32. The molecule has 0 aliphatic carbocycles. The van der Waals surface area contributed by atoms with Crippen LogP contribution in [-0.4, -0.2) is 57.3 Å². The van der Waals surface area contributed by atoms with E-state index in [9.17, 15) is 25.2 Å². The maximum atomic E-state index is 12.6. The van der Waals surface area contributed by atoms with Crippen LogP contribution in [0, 0.1) is 0 Å². The van der Waals surface area contributed by atoms with Gasteiger partial charge in [-0.3, -0.25) is 4.79 Å². The summed E-state index contributed by atoms with van der Waals surface area (Å²) in [4.78, 5) is 12.6. The van der Waals surface area contributed by atoms with Crippen LogP contribution >= 0.6 is 0 Å². The van der Waals surface area contributed by atoms with Gasteiger partial charge in [-0.2, -0.15) is 0 Å². The van der Waals surface area contributed by atoms with Gasteiger partial charge in [0.25, 0.3) is 0 Å². The molecule has 0 heterocycles. The van der Waals surface area contributed by atoms with E-state index < -0.39 is 36.9 Å². The Labute approximate surface area is 412 Å². The fourth-order valence-corrected chi connectivity index (χ4v) is 9.76. The lowest BCUT2D eigenvalue weighted by molar-refractivity contribution is -0.132. The summed E-state index contributed by atoms with van der Waals surface area (Å²) in [5.74, 6) is -0.586. The van der Waals surface area contributed by atoms with Gasteiger partial charge in [-0.05, 0) is 38.5 Å². The summed E-state index contributed by atoms with van der Waals surface area (Å²) in [6, 6.07) is -0.999. The highest BCUT2D eigenvalue weighted by Crippen LogP contribution is 2.19. The normalized spacial score (nSPS) is 13.7. The van der Waals surface area contributed by atoms with Crippen molar-refractivity contribution in [1.82, 2.24) is 5.32 Å². The molecule has 4 unspecified atom stereocenters. The SMILES string of the molecule is CCCCCCCCCCCCCCCCCCCC/C=C/CCCC(O)C(O)C(CO)NC(=O)C(O)CCCCCCCCCCCCCCCCCCCCCCCCCCCCC. The van der Waals surface area contributed by atoms with Crippen molar-refractivity contribution in [3.8, 4) is 0 Å². The Kier molecular flexibility index (Phi) is 54.2. The van der Waals surface area contributed by atoms with E-state index in [0.29, 0.717) is 12.8 Å². The molecule has 0 radical (unpaired) electrons. The molecule has 394 valence electrons. The number of nitrogens with one attached hydrogen (secondary N) is 1. The number of allylic oxidation sites excluding steroid dienone is 2. The molecule has 0 aromatic rings. The smallest absolute Gasteiger partial charge is 0.249 e. The molecule has 0 aromatic heterocycles. The maximum absolute atomic E-state index is 12.6. The van der Waals surface area contributed by atoms with Crippen LogP contribution in [0.4, 0.5) is 0 Å². The van der Waals surface area contributed by atoms with Crippen LogP contribution in [0.5, 0.6) is 0 Å². The third kappa shape index (κ3) is 48.1. The van der Waals surface area contributed by atoms with Crippen molar-refractivity contribution >= 4 is 5.91 Å². The molecule has 1 amide bonds. The van der Waals surface area contributed by atoms with Crippen molar-refractivity contribution in [2.24, 2.45) is 0 Å². The fourth-order valence-electron chi connectivity index (χ4n) is 9.76. The lowest BCUT2D eigenvalue weighted by Gasteiger charge is -2.27. The summed E-state index contributed by atoms with van der Waals surface area (Å²) in [5.41, 5.74) is 0. The molecule has 0 saturated carbocycles. The van der Waals surface area contributed by atoms with Crippen molar-refractivity contribution in [1.29, 1.82) is 0 Å². The highest BCUT2D eigenvalue weighted by atomic mass is 16.3. The second-order valence-electron chi connectivity index (χ2n) is 21.1. The lowest BCUT2D eigenvalue weighted by atomic mass is 10.00. The molecule has 66 heavy (non-hydrogen) atoms. The molecule has 0 rings (SSSR count). The Hall–Kier alpha value is -0.950. The highest BCUT2D eigenvalue weighted by molar-refractivity contribution is 5.80. The summed E-state index contributed by atoms with van der Waals surface area (Å²) in [6.07, 6.45) is 65.8. The fraction of sp³-hybridized carbons (Fsp3) is 0.950. The van der Waals surface area contributed by atoms with E-state index in [4.69, 9.17) is 0 Å². The number of unbranched alkanes of at least 4 members (excludes halogenated alkanes) is 45. The number of amides is 1. The molecule has 0 spiro atoms. The minimum Gasteiger partial charge on any atom is -0.394 e. The van der Waals surface area contributed by atoms with Crippen LogP contribution < -0.4 is 5.32 Å². The Balaban J connectivity index is 3.60. The van der Waals surface area contributed by atoms with E-state index in [2.05, 4.69) is 31.3 Å². The second-order valence-corrected chi connectivity index (χ2v) is 21.1. The van der Waals surface area contributed by atoms with Crippen LogP contribution in [0.2, 0.25) is 0 Å². The highest BCUT2D eigenvalue weighted by Gasteiger charge is 2.28. The summed E-state index contributed by atoms with van der Waals surface area (Å²) < 4.78 is 0. The number of aliphatic hydroxyl groups is 4. The van der Waals surface area contributed by atoms with E-state index in [1.807, 2.05) is 0 Å². The van der Waals surface area contributed by atoms with Gasteiger partial charge >= 0.3 is 0 Å². The number of carbonyl (C=O) groups excluding carboxylic acids is 1. The van der Waals surface area contributed by atoms with Crippen LogP contribution in [-0.2, 0) is 4.79 Å². The molecule has 0 saturated heterocycles. The van der Waals surface area contributed by atoms with Crippen LogP contribution in [0.25, 0.3) is 0 Å². The van der Waals surface area contributed by atoms with Crippen molar-refractivity contribution in [3.05, 3.63) is 12.2 Å². The van der Waals surface area contributed by atoms with Gasteiger partial charge in [-0.15, -0.1) is 0 Å². The third-order valence-electron chi connectivity index (χ3n) is 14.5. The van der Waals surface area contributed by atoms with Gasteiger partial charge in [-0.1, -0.05) is 309 Å². The summed E-state index contributed by atoms with van der Waals surface area (Å²) in [6.45, 7) is 4.09. The first-order valence-corrected chi connectivity index (χ1v) is 30.1. The number of rotatable bonds is 56. The number of hydrogen-bond acceptors (Lipinski definition) is 5. The van der Waals surface area contributed by atoms with E-state index in [-0.39, 0.29) is 0 Å². The summed E-state index contributed by atoms with van der Waals surface area (Å²) in [7, 11) is 0. The molecule has 4 atom stereocenters. The number of hydrogen-bond donors (Lipinski definition) is 5. The van der Waals surface area contributed by atoms with Crippen molar-refractivity contribution in [3.63, 3.8) is 0 Å². The molecule has 0 aromatic carbocycles. The molecule has 6 heteroatoms. The van der Waals surface area contributed by atoms with Gasteiger partial charge < -0.3 is 25.7 Å². The summed E-state index contributed by atoms with van der Waals surface area (Å²) in [5, 5.41) is 44.0. The predicted molar refractivity (Wildman–Crippen MR) is 288 cm³/mol. The van der Waals surface area contributed by atoms with Gasteiger partial charge in [0.2, 0.25) is 5.91 Å². The largest absolute Gasteiger partial charge is 0.394 e. The monoisotopic (exact) mass is 934 g/mol. The first kappa shape index (κ1) is 65.0. The van der Waals surface area contributed by atoms with E-state index in [0.717, 1.165) is 38.5 Å². The number of carbonyl (C=O) groups is 1. The van der Waals surface area contributed by atoms with E-state index >= 15 is 0 Å². The lowest BCUT2D eigenvalue weighted by Crippen LogP contribution is -2.53. The van der Waals surface area contributed by atoms with E-state index in [1.165, 1.54) is 270 Å². The minimum atomic E-state index is -1.28. The van der Waals surface area contributed by atoms with Gasteiger partial charge in [-0.25, -0.2) is 0 Å². The average molecular weight is 935 g/mol. The maximum Gasteiger partial charge on any atom is 0.249 e. The zero-order valence-electron chi connectivity index (χ0n) is 44.7. The zero-order chi connectivity index (χ0) is 48.1. The van der Waals surface area contributed by atoms with Crippen molar-refractivity contribution in [2.75, 3.05) is 6.61 Å². The first-order chi connectivity index (χ1) is 32.5. The first-order valence-electron chi connectivity index (χ1n) is 30.1. The number of aliphatic hydroxyl groups excluding tert-OH is 4. The molecule has 6 nitrogen and oxygen atoms in total. The molecule has 0 aliphatic rings. The van der Waals surface area contributed by atoms with Crippen LogP contribution in [0.3, 0.4) is 0 Å². The van der Waals surface area contributed by atoms with Crippen molar-refractivity contribution < 1.29 is 25.2 Å². The predicted octanol–water partition coefficient (Wildman–Crippen LogP) is 17.6. The Bertz CT molecular complexity index is 959. The standard InChI is InChI=1S/C60H119NO5/c1-3-5-7-9-11-13-15-17-19-21-23-25-27-28-29-30-32-34-36-38-40-42-44-46-48-50-52-54-58(64)60(66)61-56(55-62)59(65)57(63)53-51-49-47-45-43-41-39-37-35-33-31-26-24-22-20-18-16-14-12-10-8-6-4-2/h45,47,56-59,62-65H,3-44,46,48-55H2,1-2H3,(H,61,66)/b47-45+. The van der Waals surface area contributed by atoms with E-state index in [1.54, 1.807) is 0 Å². The van der Waals surface area contributed by atoms with Crippen LogP contribution in [0.15, 0.2) is 12.2 Å². The Morgan fingerprint density at radius 1 is 0.364 bits per heavy atom. The molecule has 0 fully saturated rings. The second kappa shape index (κ2) is 55.0. The molecular weight excluding hydrogens is 815 g/mol. The van der Waals surface area contributed by atoms with Crippen LogP contribution in [0.1, 0.15) is 335 Å². The quantitative estimate of drug-likeness (QED) is 0.0308. The van der Waals surface area contributed by atoms with Gasteiger partial charge in [0.1, 0.15) is 12.2 Å². The van der Waals surface area contributed by atoms with Gasteiger partial charge in [0, 0.05) is 0 Å². The minimum absolute atomic E-state index is 0.369. The zero-order valence-corrected chi connectivity index (χ0v) is 44.7. The summed E-state index contributed by atoms with van der Waals surface area (Å²) >= 11 is 0. The molecule has 0 bridgehead atoms. The van der Waals surface area contributed by atoms with Gasteiger partial charge in [0.05, 0.1) is 18.8 Å². The van der Waals surface area contributed by atoms with Gasteiger partial charge in [0.15, 0.2) is 0 Å². The molecule has 0 aliphatic heterocycles. The Morgan fingerprint density at radius 2 is 0.621 bits per heavy atom. The topological polar surface area (TPSA) is 110 Å². The molecule has 5 N–H and O–H groups in total. The third-order valence-corrected chi connectivity index (χ3v) is 14.5. The Morgan fingerprint density at radius 3 is 0.909 bits per heavy atom.